The van der Waals surface area contributed by atoms with Gasteiger partial charge in [0.2, 0.25) is 0 Å². The van der Waals surface area contributed by atoms with Crippen LogP contribution in [0.5, 0.6) is 0 Å². The van der Waals surface area contributed by atoms with E-state index in [4.69, 9.17) is 0 Å². The lowest BCUT2D eigenvalue weighted by Crippen LogP contribution is -2.19. The average Bonchev–Trinajstić information content (AvgIpc) is 2.47. The quantitative estimate of drug-likeness (QED) is 0.731. The van der Waals surface area contributed by atoms with Crippen molar-refractivity contribution in [1.82, 2.24) is 5.32 Å². The van der Waals surface area contributed by atoms with Gasteiger partial charge in [-0.15, -0.1) is 0 Å². The predicted octanol–water partition coefficient (Wildman–Crippen LogP) is 2.67. The van der Waals surface area contributed by atoms with Gasteiger partial charge in [0.1, 0.15) is 0 Å². The third kappa shape index (κ3) is 1.68. The fraction of sp³-hybridized carbons (Fsp3) is 0.571. The Morgan fingerprint density at radius 1 is 1.18 bits per heavy atom. The van der Waals surface area contributed by atoms with Crippen LogP contribution in [0.15, 0.2) is 12.1 Å². The molecule has 1 aliphatic heterocycles. The number of rotatable bonds is 0. The van der Waals surface area contributed by atoms with Crippen LogP contribution < -0.4 is 5.32 Å². The molecule has 0 saturated heterocycles. The Morgan fingerprint density at radius 3 is 2.76 bits per heavy atom. The van der Waals surface area contributed by atoms with Gasteiger partial charge in [0.25, 0.3) is 5.92 Å². The summed E-state index contributed by atoms with van der Waals surface area (Å²) in [7, 11) is 0. The molecule has 92 valence electrons. The second-order valence-corrected chi connectivity index (χ2v) is 5.18. The van der Waals surface area contributed by atoms with Crippen LogP contribution in [0.3, 0.4) is 0 Å². The maximum absolute atomic E-state index is 13.8. The highest BCUT2D eigenvalue weighted by Gasteiger charge is 2.45. The van der Waals surface area contributed by atoms with E-state index in [0.29, 0.717) is 0 Å². The van der Waals surface area contributed by atoms with Crippen LogP contribution in [0.2, 0.25) is 0 Å². The van der Waals surface area contributed by atoms with Crippen LogP contribution in [0, 0.1) is 0 Å². The maximum Gasteiger partial charge on any atom is 0.258 e. The van der Waals surface area contributed by atoms with Crippen molar-refractivity contribution in [2.45, 2.75) is 38.0 Å². The van der Waals surface area contributed by atoms with E-state index in [1.807, 2.05) is 6.07 Å². The molecule has 0 spiro atoms. The summed E-state index contributed by atoms with van der Waals surface area (Å²) in [5.41, 5.74) is 4.26. The van der Waals surface area contributed by atoms with Gasteiger partial charge in [0.15, 0.2) is 0 Å². The number of hydrogen-bond donors (Lipinski definition) is 1. The Balaban J connectivity index is 2.11. The number of benzene rings is 1. The fourth-order valence-electron chi connectivity index (χ4n) is 3.10. The van der Waals surface area contributed by atoms with Crippen LogP contribution in [-0.2, 0) is 19.3 Å². The standard InChI is InChI=1S/C14H17F2N/c1-9-11-3-2-10-4-6-17-7-5-12(10)13(11)8-14(9,15)16/h2-3,9,17H,4-8H2,1H3. The molecule has 1 atom stereocenters. The summed E-state index contributed by atoms with van der Waals surface area (Å²) in [4.78, 5) is 0. The van der Waals surface area contributed by atoms with E-state index in [9.17, 15) is 8.78 Å². The molecule has 3 rings (SSSR count). The minimum atomic E-state index is -2.56. The number of halogens is 2. The van der Waals surface area contributed by atoms with Gasteiger partial charge in [0, 0.05) is 12.3 Å². The Hall–Kier alpha value is -0.960. The summed E-state index contributed by atoms with van der Waals surface area (Å²) in [6.45, 7) is 3.51. The molecular formula is C14H17F2N. The van der Waals surface area contributed by atoms with Gasteiger partial charge < -0.3 is 5.32 Å². The molecule has 0 aromatic heterocycles. The van der Waals surface area contributed by atoms with Crippen LogP contribution in [0.4, 0.5) is 8.78 Å². The molecule has 1 heterocycles. The highest BCUT2D eigenvalue weighted by Crippen LogP contribution is 2.46. The van der Waals surface area contributed by atoms with Gasteiger partial charge in [-0.2, -0.15) is 0 Å². The first-order chi connectivity index (χ1) is 8.09. The normalized spacial score (nSPS) is 26.2. The Labute approximate surface area is 100 Å². The van der Waals surface area contributed by atoms with Crippen molar-refractivity contribution >= 4 is 0 Å². The zero-order valence-electron chi connectivity index (χ0n) is 10.0. The van der Waals surface area contributed by atoms with Crippen molar-refractivity contribution in [1.29, 1.82) is 0 Å². The molecule has 1 aromatic rings. The van der Waals surface area contributed by atoms with Crippen molar-refractivity contribution in [2.24, 2.45) is 0 Å². The molecule has 1 N–H and O–H groups in total. The van der Waals surface area contributed by atoms with Crippen molar-refractivity contribution in [3.8, 4) is 0 Å². The average molecular weight is 237 g/mol. The molecule has 17 heavy (non-hydrogen) atoms. The summed E-state index contributed by atoms with van der Waals surface area (Å²) >= 11 is 0. The van der Waals surface area contributed by atoms with Gasteiger partial charge in [-0.3, -0.25) is 0 Å². The van der Waals surface area contributed by atoms with E-state index in [0.717, 1.165) is 37.1 Å². The smallest absolute Gasteiger partial charge is 0.258 e. The van der Waals surface area contributed by atoms with Gasteiger partial charge in [0.05, 0.1) is 0 Å². The van der Waals surface area contributed by atoms with E-state index in [-0.39, 0.29) is 6.42 Å². The molecule has 1 unspecified atom stereocenters. The topological polar surface area (TPSA) is 12.0 Å². The van der Waals surface area contributed by atoms with Gasteiger partial charge in [-0.25, -0.2) is 8.78 Å². The molecule has 0 saturated carbocycles. The molecular weight excluding hydrogens is 220 g/mol. The molecule has 1 nitrogen and oxygen atoms in total. The first-order valence-corrected chi connectivity index (χ1v) is 6.31. The van der Waals surface area contributed by atoms with Crippen LogP contribution in [0.1, 0.15) is 35.1 Å². The van der Waals surface area contributed by atoms with Crippen molar-refractivity contribution in [3.63, 3.8) is 0 Å². The summed E-state index contributed by atoms with van der Waals surface area (Å²) in [5, 5.41) is 3.33. The zero-order valence-corrected chi connectivity index (χ0v) is 10.0. The van der Waals surface area contributed by atoms with E-state index in [1.54, 1.807) is 6.92 Å². The molecule has 2 aliphatic rings. The zero-order chi connectivity index (χ0) is 12.0. The minimum Gasteiger partial charge on any atom is -0.316 e. The van der Waals surface area contributed by atoms with Crippen LogP contribution in [0.25, 0.3) is 0 Å². The van der Waals surface area contributed by atoms with E-state index in [1.165, 1.54) is 11.1 Å². The fourth-order valence-corrected chi connectivity index (χ4v) is 3.10. The Morgan fingerprint density at radius 2 is 1.94 bits per heavy atom. The number of alkyl halides is 2. The third-order valence-corrected chi connectivity index (χ3v) is 4.20. The van der Waals surface area contributed by atoms with Crippen LogP contribution >= 0.6 is 0 Å². The summed E-state index contributed by atoms with van der Waals surface area (Å²) < 4.78 is 27.6. The van der Waals surface area contributed by atoms with Crippen molar-refractivity contribution in [3.05, 3.63) is 34.4 Å². The highest BCUT2D eigenvalue weighted by atomic mass is 19.3. The Bertz CT molecular complexity index is 454. The predicted molar refractivity (Wildman–Crippen MR) is 63.8 cm³/mol. The highest BCUT2D eigenvalue weighted by molar-refractivity contribution is 5.48. The van der Waals surface area contributed by atoms with Gasteiger partial charge >= 0.3 is 0 Å². The number of fused-ring (bicyclic) bond motifs is 3. The van der Waals surface area contributed by atoms with E-state index >= 15 is 0 Å². The second kappa shape index (κ2) is 3.77. The summed E-state index contributed by atoms with van der Waals surface area (Å²) in [5.74, 6) is -3.18. The summed E-state index contributed by atoms with van der Waals surface area (Å²) in [6.07, 6.45) is 1.79. The molecule has 0 radical (unpaired) electrons. The third-order valence-electron chi connectivity index (χ3n) is 4.20. The van der Waals surface area contributed by atoms with E-state index in [2.05, 4.69) is 11.4 Å². The second-order valence-electron chi connectivity index (χ2n) is 5.18. The van der Waals surface area contributed by atoms with Crippen molar-refractivity contribution in [2.75, 3.05) is 13.1 Å². The molecule has 0 amide bonds. The van der Waals surface area contributed by atoms with E-state index < -0.39 is 11.8 Å². The molecule has 1 aromatic carbocycles. The molecule has 3 heteroatoms. The number of hydrogen-bond acceptors (Lipinski definition) is 1. The lowest BCUT2D eigenvalue weighted by molar-refractivity contribution is -0.00989. The lowest BCUT2D eigenvalue weighted by Gasteiger charge is -2.14. The van der Waals surface area contributed by atoms with Gasteiger partial charge in [-0.1, -0.05) is 19.1 Å². The monoisotopic (exact) mass is 237 g/mol. The molecule has 0 bridgehead atoms. The number of nitrogens with one attached hydrogen (secondary N) is 1. The first kappa shape index (κ1) is 11.1. The first-order valence-electron chi connectivity index (χ1n) is 6.31. The molecule has 0 fully saturated rings. The minimum absolute atomic E-state index is 0.0628. The van der Waals surface area contributed by atoms with Crippen LogP contribution in [-0.4, -0.2) is 19.0 Å². The van der Waals surface area contributed by atoms with Crippen molar-refractivity contribution < 1.29 is 8.78 Å². The Kier molecular flexibility index (Phi) is 2.47. The SMILES string of the molecule is CC1c2ccc3c(c2CC1(F)F)CCNCC3. The lowest BCUT2D eigenvalue weighted by atomic mass is 9.93. The summed E-state index contributed by atoms with van der Waals surface area (Å²) in [6, 6.07) is 3.98. The maximum atomic E-state index is 13.8. The largest absolute Gasteiger partial charge is 0.316 e. The van der Waals surface area contributed by atoms with Gasteiger partial charge in [-0.05, 0) is 48.2 Å². The molecule has 1 aliphatic carbocycles.